The zero-order chi connectivity index (χ0) is 52.7. The number of fused-ring (bicyclic) bond motifs is 14. The SMILES string of the molecule is N#Cc1c2ccccc2c(Cc2ccc3c(c2)OCCOCCOc2c4cccc2Cc2cccc5c2OCCOCCNCCOCCOc2c(cccc2C4)Cc2cccc(c2OCCOCCO3)C5)c2ccccc12. The van der Waals surface area contributed by atoms with Gasteiger partial charge < -0.3 is 52.7 Å². The van der Waals surface area contributed by atoms with E-state index in [2.05, 4.69) is 108 Å². The van der Waals surface area contributed by atoms with Gasteiger partial charge in [-0.25, -0.2) is 0 Å². The van der Waals surface area contributed by atoms with Gasteiger partial charge in [0.1, 0.15) is 68.7 Å². The fourth-order valence-corrected chi connectivity index (χ4v) is 10.9. The minimum absolute atomic E-state index is 0.285. The van der Waals surface area contributed by atoms with Crippen molar-refractivity contribution in [3.63, 3.8) is 0 Å². The fourth-order valence-electron chi connectivity index (χ4n) is 10.9. The summed E-state index contributed by atoms with van der Waals surface area (Å²) in [5.74, 6) is 4.52. The van der Waals surface area contributed by atoms with Crippen molar-refractivity contribution in [3.05, 3.63) is 201 Å². The van der Waals surface area contributed by atoms with Crippen LogP contribution in [0.5, 0.6) is 34.5 Å². The van der Waals surface area contributed by atoms with Crippen molar-refractivity contribution in [3.8, 4) is 40.6 Å². The van der Waals surface area contributed by atoms with Gasteiger partial charge in [0.05, 0.1) is 58.4 Å². The average Bonchev–Trinajstić information content (AvgIpc) is 3.59. The molecule has 400 valence electrons. The first kappa shape index (κ1) is 52.4. The summed E-state index contributed by atoms with van der Waals surface area (Å²) >= 11 is 0. The molecule has 0 radical (unpaired) electrons. The molecule has 4 aliphatic rings. The van der Waals surface area contributed by atoms with Crippen LogP contribution in [0.25, 0.3) is 21.5 Å². The molecule has 8 aromatic carbocycles. The fraction of sp³-hybridized carbons (Fsp3) is 0.318. The standard InChI is InChI=1S/C66H66N2O10/c67-45-60-57-19-3-1-17-55(57)59(56-18-2-4-20-58(56)60)39-46-21-22-61-62(40-46)74-34-28-72-32-38-78-66-53-15-8-16-54(66)44-50-12-6-10-48-42-52-14-7-13-51(65(52)77-37-31-71-27-33-73-61)41-47-9-5-11-49(43-53)63(47)75-35-29-69-25-23-68-24-26-70-30-36-76-64(48)50/h1-22,40,68H,23-39,41-44H2. The van der Waals surface area contributed by atoms with E-state index in [1.54, 1.807) is 0 Å². The first-order valence-corrected chi connectivity index (χ1v) is 27.4. The second kappa shape index (κ2) is 26.1. The summed E-state index contributed by atoms with van der Waals surface area (Å²) in [6.45, 7) is 6.74. The first-order chi connectivity index (χ1) is 38.7. The summed E-state index contributed by atoms with van der Waals surface area (Å²) in [5.41, 5.74) is 11.2. The van der Waals surface area contributed by atoms with Crippen LogP contribution >= 0.6 is 0 Å². The van der Waals surface area contributed by atoms with Gasteiger partial charge in [-0.2, -0.15) is 5.26 Å². The first-order valence-electron chi connectivity index (χ1n) is 27.4. The van der Waals surface area contributed by atoms with Crippen molar-refractivity contribution in [2.75, 3.05) is 106 Å². The molecule has 0 unspecified atom stereocenters. The molecule has 0 saturated carbocycles. The van der Waals surface area contributed by atoms with E-state index in [-0.39, 0.29) is 6.61 Å². The van der Waals surface area contributed by atoms with Crippen LogP contribution in [-0.4, -0.2) is 106 Å². The molecule has 1 N–H and O–H groups in total. The lowest BCUT2D eigenvalue weighted by Crippen LogP contribution is -2.25. The van der Waals surface area contributed by atoms with Gasteiger partial charge in [0, 0.05) is 49.5 Å². The number of hydrogen-bond acceptors (Lipinski definition) is 12. The Morgan fingerprint density at radius 2 is 0.692 bits per heavy atom. The molecule has 0 saturated heterocycles. The number of nitrogens with zero attached hydrogens (tertiary/aromatic N) is 1. The molecule has 12 nitrogen and oxygen atoms in total. The van der Waals surface area contributed by atoms with Gasteiger partial charge in [-0.3, -0.25) is 0 Å². The van der Waals surface area contributed by atoms with Crippen molar-refractivity contribution in [2.24, 2.45) is 0 Å². The van der Waals surface area contributed by atoms with Gasteiger partial charge in [0.15, 0.2) is 11.5 Å². The molecule has 0 amide bonds. The van der Waals surface area contributed by atoms with E-state index >= 15 is 0 Å². The largest absolute Gasteiger partial charge is 0.491 e. The van der Waals surface area contributed by atoms with Crippen LogP contribution < -0.4 is 33.7 Å². The Balaban J connectivity index is 0.927. The van der Waals surface area contributed by atoms with Gasteiger partial charge in [0.25, 0.3) is 0 Å². The minimum atomic E-state index is 0.285. The van der Waals surface area contributed by atoms with Crippen LogP contribution in [0.4, 0.5) is 0 Å². The lowest BCUT2D eigenvalue weighted by atomic mass is 9.89. The number of rotatable bonds is 2. The number of para-hydroxylation sites is 4. The predicted molar refractivity (Wildman–Crippen MR) is 302 cm³/mol. The lowest BCUT2D eigenvalue weighted by Gasteiger charge is -2.23. The highest BCUT2D eigenvalue weighted by Crippen LogP contribution is 2.40. The quantitative estimate of drug-likeness (QED) is 0.131. The number of nitriles is 1. The van der Waals surface area contributed by atoms with Gasteiger partial charge in [-0.15, -0.1) is 0 Å². The van der Waals surface area contributed by atoms with Crippen LogP contribution in [0.1, 0.15) is 61.2 Å². The number of benzene rings is 8. The third-order valence-corrected chi connectivity index (χ3v) is 14.5. The molecule has 12 heteroatoms. The van der Waals surface area contributed by atoms with Gasteiger partial charge >= 0.3 is 0 Å². The van der Waals surface area contributed by atoms with Crippen molar-refractivity contribution >= 4 is 21.5 Å². The van der Waals surface area contributed by atoms with Gasteiger partial charge in [0.2, 0.25) is 0 Å². The summed E-state index contributed by atoms with van der Waals surface area (Å²) in [7, 11) is 0. The monoisotopic (exact) mass is 1050 g/mol. The van der Waals surface area contributed by atoms with Crippen LogP contribution in [-0.2, 0) is 51.1 Å². The summed E-state index contributed by atoms with van der Waals surface area (Å²) in [4.78, 5) is 0. The van der Waals surface area contributed by atoms with E-state index in [1.165, 1.54) is 0 Å². The molecule has 0 aromatic heterocycles. The highest BCUT2D eigenvalue weighted by Gasteiger charge is 2.23. The summed E-state index contributed by atoms with van der Waals surface area (Å²) in [5, 5.41) is 17.7. The molecular formula is C66H66N2O10. The third kappa shape index (κ3) is 12.5. The Hall–Kier alpha value is -7.63. The molecule has 8 aromatic rings. The second-order valence-electron chi connectivity index (χ2n) is 19.6. The topological polar surface area (TPSA) is 128 Å². The number of ether oxygens (including phenoxy) is 10. The summed E-state index contributed by atoms with van der Waals surface area (Å²) < 4.78 is 64.8. The highest BCUT2D eigenvalue weighted by molar-refractivity contribution is 6.07. The van der Waals surface area contributed by atoms with Crippen molar-refractivity contribution in [2.45, 2.75) is 32.1 Å². The maximum atomic E-state index is 10.3. The van der Waals surface area contributed by atoms with E-state index < -0.39 is 0 Å². The Labute approximate surface area is 456 Å². The Kier molecular flexibility index (Phi) is 17.6. The van der Waals surface area contributed by atoms with Crippen LogP contribution in [0.15, 0.2) is 140 Å². The number of nitrogens with one attached hydrogen (secondary N) is 1. The molecular weight excluding hydrogens is 981 g/mol. The minimum Gasteiger partial charge on any atom is -0.491 e. The van der Waals surface area contributed by atoms with Crippen molar-refractivity contribution in [1.29, 1.82) is 5.26 Å². The smallest absolute Gasteiger partial charge is 0.161 e. The van der Waals surface area contributed by atoms with Gasteiger partial charge in [-0.1, -0.05) is 127 Å². The molecule has 78 heavy (non-hydrogen) atoms. The predicted octanol–water partition coefficient (Wildman–Crippen LogP) is 10.8. The zero-order valence-corrected chi connectivity index (χ0v) is 44.2. The van der Waals surface area contributed by atoms with E-state index in [4.69, 9.17) is 47.4 Å². The summed E-state index contributed by atoms with van der Waals surface area (Å²) in [6, 6.07) is 50.6. The van der Waals surface area contributed by atoms with Crippen molar-refractivity contribution < 1.29 is 47.4 Å². The van der Waals surface area contributed by atoms with E-state index in [0.29, 0.717) is 148 Å². The van der Waals surface area contributed by atoms with Gasteiger partial charge in [-0.05, 0) is 85.0 Å². The average molecular weight is 1050 g/mol. The van der Waals surface area contributed by atoms with Crippen molar-refractivity contribution in [1.82, 2.24) is 5.32 Å². The molecule has 0 spiro atoms. The molecule has 3 heterocycles. The zero-order valence-electron chi connectivity index (χ0n) is 44.2. The maximum Gasteiger partial charge on any atom is 0.161 e. The Bertz CT molecular complexity index is 3230. The Morgan fingerprint density at radius 1 is 0.346 bits per heavy atom. The normalized spacial score (nSPS) is 16.3. The molecule has 0 atom stereocenters. The lowest BCUT2D eigenvalue weighted by molar-refractivity contribution is 0.0695. The number of hydrogen-bond donors (Lipinski definition) is 1. The van der Waals surface area contributed by atoms with Crippen LogP contribution in [0.3, 0.4) is 0 Å². The van der Waals surface area contributed by atoms with E-state index in [1.807, 2.05) is 42.5 Å². The Morgan fingerprint density at radius 3 is 1.08 bits per heavy atom. The summed E-state index contributed by atoms with van der Waals surface area (Å²) in [6.07, 6.45) is 2.88. The van der Waals surface area contributed by atoms with Crippen LogP contribution in [0, 0.1) is 11.3 Å². The molecule has 12 rings (SSSR count). The third-order valence-electron chi connectivity index (χ3n) is 14.5. The van der Waals surface area contributed by atoms with E-state index in [9.17, 15) is 5.26 Å². The molecule has 3 aliphatic heterocycles. The molecule has 1 aliphatic carbocycles. The second-order valence-corrected chi connectivity index (χ2v) is 19.6. The van der Waals surface area contributed by atoms with E-state index in [0.717, 1.165) is 100 Å². The van der Waals surface area contributed by atoms with Crippen LogP contribution in [0.2, 0.25) is 0 Å². The molecule has 12 bridgehead atoms. The maximum absolute atomic E-state index is 10.3. The molecule has 0 fully saturated rings. The highest BCUT2D eigenvalue weighted by atomic mass is 16.6.